The minimum atomic E-state index is -1.47. The van der Waals surface area contributed by atoms with Gasteiger partial charge in [-0.25, -0.2) is 23.5 Å². The molecule has 7 N–H and O–H groups in total. The number of esters is 1. The Kier molecular flexibility index (Phi) is 55.6. The van der Waals surface area contributed by atoms with Gasteiger partial charge in [-0.05, 0) is 124 Å². The zero-order valence-electron chi connectivity index (χ0n) is 85.1. The van der Waals surface area contributed by atoms with Crippen molar-refractivity contribution in [1.29, 1.82) is 0 Å². The molecule has 36 nitrogen and oxygen atoms in total. The highest BCUT2D eigenvalue weighted by molar-refractivity contribution is 6.06. The largest absolute Gasteiger partial charge is 0.481 e. The standard InChI is InChI=1S/C106H157F2N11O25/c1-5-6-7-8-9-11-14-17-20-37-106(103(128)129,38-21-18-15-12-10-13-16-19-24-96(122)123)102(127)109-39-49-132-51-53-134-55-57-136-59-61-138-63-65-140-67-69-142-71-70-141-68-66-139-64-62-137-60-58-135-56-54-133-52-50-131-48-36-94(120)110-76-97(124)144-105(3,4)84-29-30-88(91(108)72-84)100(125)114-92-74-85(107)73-89(80(92)2)98-90-75-93(113-99(90)112-79-111-98)82-27-25-81(26-28-82)77-117-43-33-87(34-44-117)143-86-31-41-116(42-32-86)46-47-118-40-22-23-83(101(118)126)78-119-45-35-95(121)115-104(119)130/h22-23,25-30,40,72-75,79,86-87H,5-21,24,31-39,41-71,76-78H2,1-4H3,(H,109,127)(H,110,120)(H,114,125)(H,122,123)(H,128,129)(H,111,112,113)(H,115,121,130)/t106-/m1/s1. The Balaban J connectivity index is 0.515. The maximum atomic E-state index is 16.0. The van der Waals surface area contributed by atoms with Gasteiger partial charge in [0.15, 0.2) is 0 Å². The van der Waals surface area contributed by atoms with Crippen LogP contribution in [0.2, 0.25) is 0 Å². The SMILES string of the molecule is CCCCCCCCCCC[C@](CCCCCCCCCCC(=O)O)(C(=O)O)C(=O)NCCOCCOCCOCCOCCOCCOCCOCCOCCOCCOCCOCCOCCC(=O)NCC(=O)OC(C)(C)c1ccc(C(=O)Nc2cc(F)cc(-c3ncnc4[nH]c(-c5ccc(CN6CCC(OC7CCN(CCn8cccc(CN9CCC(=O)NC9=O)c8=O)CC7)CC6)cc5)cc34)c2C)c(F)c1. The number of carbonyl (C=O) groups is 8. The molecule has 6 amide bonds. The highest BCUT2D eigenvalue weighted by Crippen LogP contribution is 2.38. The number of carbonyl (C=O) groups excluding carboxylic acids is 6. The number of benzene rings is 3. The summed E-state index contributed by atoms with van der Waals surface area (Å²) in [5.74, 6) is -6.24. The first-order valence-corrected chi connectivity index (χ1v) is 51.9. The van der Waals surface area contributed by atoms with E-state index in [0.29, 0.717) is 204 Å². The van der Waals surface area contributed by atoms with Crippen LogP contribution in [0, 0.1) is 24.0 Å². The van der Waals surface area contributed by atoms with Crippen molar-refractivity contribution >= 4 is 64.3 Å². The maximum absolute atomic E-state index is 16.0. The summed E-state index contributed by atoms with van der Waals surface area (Å²) in [6.07, 6.45) is 25.2. The topological polar surface area (TPSA) is 428 Å². The smallest absolute Gasteiger partial charge is 0.326 e. The number of nitrogens with zero attached hydrogens (tertiary/aromatic N) is 6. The Bertz CT molecular complexity index is 4840. The third-order valence-electron chi connectivity index (χ3n) is 25.8. The fourth-order valence-electron chi connectivity index (χ4n) is 17.4. The molecule has 144 heavy (non-hydrogen) atoms. The molecule has 0 aliphatic carbocycles. The van der Waals surface area contributed by atoms with E-state index in [1.807, 2.05) is 12.1 Å². The Morgan fingerprint density at radius 3 is 1.56 bits per heavy atom. The van der Waals surface area contributed by atoms with Crippen LogP contribution in [-0.2, 0) is 120 Å². The van der Waals surface area contributed by atoms with Gasteiger partial charge in [0.2, 0.25) is 17.7 Å². The molecule has 0 bridgehead atoms. The van der Waals surface area contributed by atoms with Gasteiger partial charge in [-0.1, -0.05) is 146 Å². The molecular formula is C106H157F2N11O25. The number of hydrogen-bond donors (Lipinski definition) is 7. The van der Waals surface area contributed by atoms with Gasteiger partial charge in [0.1, 0.15) is 41.2 Å². The number of aliphatic carboxylic acids is 2. The monoisotopic (exact) mass is 2020 g/mol. The Hall–Kier alpha value is -9.75. The van der Waals surface area contributed by atoms with Crippen LogP contribution in [0.25, 0.3) is 33.5 Å². The number of amides is 6. The van der Waals surface area contributed by atoms with Gasteiger partial charge in [0.25, 0.3) is 11.5 Å². The van der Waals surface area contributed by atoms with E-state index in [-0.39, 0.29) is 106 Å². The second kappa shape index (κ2) is 67.9. The van der Waals surface area contributed by atoms with Crippen molar-refractivity contribution in [3.8, 4) is 22.5 Å². The van der Waals surface area contributed by atoms with Crippen molar-refractivity contribution in [2.45, 2.75) is 232 Å². The highest BCUT2D eigenvalue weighted by Gasteiger charge is 2.45. The third-order valence-corrected chi connectivity index (χ3v) is 25.8. The van der Waals surface area contributed by atoms with E-state index in [1.54, 1.807) is 37.6 Å². The van der Waals surface area contributed by atoms with Crippen molar-refractivity contribution in [1.82, 2.24) is 50.2 Å². The minimum Gasteiger partial charge on any atom is -0.481 e. The number of imide groups is 1. The summed E-state index contributed by atoms with van der Waals surface area (Å²) < 4.78 is 112. The molecule has 3 aromatic carbocycles. The van der Waals surface area contributed by atoms with E-state index in [4.69, 9.17) is 71.4 Å². The molecule has 6 heterocycles. The average molecular weight is 2020 g/mol. The molecule has 0 unspecified atom stereocenters. The molecule has 1 atom stereocenters. The van der Waals surface area contributed by atoms with Crippen molar-refractivity contribution < 1.29 is 124 Å². The molecule has 3 aliphatic rings. The molecule has 3 aliphatic heterocycles. The van der Waals surface area contributed by atoms with Gasteiger partial charge in [-0.15, -0.1) is 0 Å². The molecule has 0 radical (unpaired) electrons. The number of H-pyrrole nitrogens is 1. The number of halogens is 2. The van der Waals surface area contributed by atoms with Crippen molar-refractivity contribution in [3.05, 3.63) is 135 Å². The van der Waals surface area contributed by atoms with Crippen LogP contribution in [0.15, 0.2) is 90.1 Å². The van der Waals surface area contributed by atoms with Gasteiger partial charge in [-0.3, -0.25) is 48.6 Å². The molecule has 3 saturated heterocycles. The number of urea groups is 1. The number of nitrogens with one attached hydrogen (secondary N) is 5. The molecule has 6 aromatic rings. The third kappa shape index (κ3) is 44.1. The minimum absolute atomic E-state index is 0.0332. The van der Waals surface area contributed by atoms with Crippen LogP contribution in [0.4, 0.5) is 19.3 Å². The highest BCUT2D eigenvalue weighted by atomic mass is 19.1. The van der Waals surface area contributed by atoms with Crippen LogP contribution >= 0.6 is 0 Å². The summed E-state index contributed by atoms with van der Waals surface area (Å²) in [5, 5.41) is 30.3. The van der Waals surface area contributed by atoms with E-state index < -0.39 is 70.9 Å². The number of rotatable bonds is 79. The lowest BCUT2D eigenvalue weighted by atomic mass is 9.76. The number of unbranched alkanes of at least 4 members (excludes halogenated alkanes) is 15. The number of fused-ring (bicyclic) bond motifs is 1. The summed E-state index contributed by atoms with van der Waals surface area (Å²) in [4.78, 5) is 132. The van der Waals surface area contributed by atoms with E-state index >= 15 is 8.78 Å². The Labute approximate surface area is 845 Å². The summed E-state index contributed by atoms with van der Waals surface area (Å²) in [5.41, 5.74) is 2.17. The summed E-state index contributed by atoms with van der Waals surface area (Å²) in [6.45, 7) is 21.5. The summed E-state index contributed by atoms with van der Waals surface area (Å²) >= 11 is 0. The van der Waals surface area contributed by atoms with Crippen molar-refractivity contribution in [2.75, 3.05) is 216 Å². The normalized spacial score (nSPS) is 14.6. The van der Waals surface area contributed by atoms with E-state index in [0.717, 1.165) is 152 Å². The zero-order valence-corrected chi connectivity index (χ0v) is 85.1. The van der Waals surface area contributed by atoms with Gasteiger partial charge >= 0.3 is 23.9 Å². The summed E-state index contributed by atoms with van der Waals surface area (Å²) in [7, 11) is 0. The number of carboxylic acid groups (broad SMARTS) is 2. The number of hydrogen-bond acceptors (Lipinski definition) is 27. The molecular weight excluding hydrogens is 1870 g/mol. The van der Waals surface area contributed by atoms with Gasteiger partial charge in [-0.2, -0.15) is 0 Å². The number of carboxylic acids is 2. The van der Waals surface area contributed by atoms with E-state index in [9.17, 15) is 48.3 Å². The number of ether oxygens (including phenoxy) is 14. The lowest BCUT2D eigenvalue weighted by molar-refractivity contribution is -0.158. The molecule has 0 spiro atoms. The van der Waals surface area contributed by atoms with Gasteiger partial charge in [0.05, 0.1) is 189 Å². The zero-order chi connectivity index (χ0) is 103. The number of likely N-dealkylation sites (tertiary alicyclic amines) is 2. The number of aromatic nitrogens is 4. The second-order valence-electron chi connectivity index (χ2n) is 37.2. The van der Waals surface area contributed by atoms with Gasteiger partial charge in [0, 0.05) is 112 Å². The van der Waals surface area contributed by atoms with E-state index in [2.05, 4.69) is 77.2 Å². The quantitative estimate of drug-likeness (QED) is 0.0106. The summed E-state index contributed by atoms with van der Waals surface area (Å²) in [6, 6.07) is 19.6. The van der Waals surface area contributed by atoms with E-state index in [1.165, 1.54) is 61.5 Å². The molecule has 38 heteroatoms. The van der Waals surface area contributed by atoms with Crippen molar-refractivity contribution in [3.63, 3.8) is 0 Å². The Morgan fingerprint density at radius 1 is 0.535 bits per heavy atom. The van der Waals surface area contributed by atoms with Crippen LogP contribution in [-0.4, -0.2) is 315 Å². The maximum Gasteiger partial charge on any atom is 0.326 e. The van der Waals surface area contributed by atoms with Gasteiger partial charge < -0.3 is 112 Å². The number of aromatic amines is 1. The first-order chi connectivity index (χ1) is 70.0. The lowest BCUT2D eigenvalue weighted by Crippen LogP contribution is -2.49. The van der Waals surface area contributed by atoms with Crippen LogP contribution in [0.5, 0.6) is 0 Å². The Morgan fingerprint density at radius 2 is 1.04 bits per heavy atom. The first kappa shape index (κ1) is 118. The average Bonchev–Trinajstić information content (AvgIpc) is 1.58. The molecule has 3 aromatic heterocycles. The van der Waals surface area contributed by atoms with Crippen LogP contribution in [0.3, 0.4) is 0 Å². The van der Waals surface area contributed by atoms with Crippen molar-refractivity contribution in [2.24, 2.45) is 5.41 Å². The predicted molar refractivity (Wildman–Crippen MR) is 537 cm³/mol. The lowest BCUT2D eigenvalue weighted by Gasteiger charge is -2.37. The van der Waals surface area contributed by atoms with Crippen LogP contribution in [0.1, 0.15) is 220 Å². The van der Waals surface area contributed by atoms with Crippen LogP contribution < -0.4 is 26.8 Å². The molecule has 3 fully saturated rings. The number of piperidine rings is 2. The number of pyridine rings is 1. The fraction of sp³-hybridized carbons (Fsp3) is 0.651. The predicted octanol–water partition coefficient (Wildman–Crippen LogP) is 13.5. The number of anilines is 1. The fourth-order valence-corrected chi connectivity index (χ4v) is 17.4. The first-order valence-electron chi connectivity index (χ1n) is 51.9. The molecule has 800 valence electrons. The second-order valence-corrected chi connectivity index (χ2v) is 37.2. The molecule has 0 saturated carbocycles. The molecule has 9 rings (SSSR count).